The summed E-state index contributed by atoms with van der Waals surface area (Å²) in [6, 6.07) is 14.5. The summed E-state index contributed by atoms with van der Waals surface area (Å²) in [5.74, 6) is 0.593. The second-order valence-electron chi connectivity index (χ2n) is 8.40. The van der Waals surface area contributed by atoms with Crippen LogP contribution >= 0.6 is 11.8 Å². The van der Waals surface area contributed by atoms with E-state index in [1.165, 1.54) is 16.0 Å². The van der Waals surface area contributed by atoms with Crippen molar-refractivity contribution in [1.82, 2.24) is 0 Å². The molecule has 0 aliphatic heterocycles. The fourth-order valence-electron chi connectivity index (χ4n) is 4.14. The zero-order chi connectivity index (χ0) is 19.1. The van der Waals surface area contributed by atoms with Crippen LogP contribution in [0.3, 0.4) is 0 Å². The van der Waals surface area contributed by atoms with Crippen LogP contribution in [0.1, 0.15) is 61.7 Å². The Morgan fingerprint density at radius 1 is 0.962 bits per heavy atom. The number of thioether (sulfide) groups is 1. The molecule has 3 rings (SSSR count). The van der Waals surface area contributed by atoms with Gasteiger partial charge in [-0.2, -0.15) is 0 Å². The Morgan fingerprint density at radius 2 is 1.58 bits per heavy atom. The van der Waals surface area contributed by atoms with E-state index in [2.05, 4.69) is 65.1 Å². The van der Waals surface area contributed by atoms with Gasteiger partial charge in [0.05, 0.1) is 0 Å². The summed E-state index contributed by atoms with van der Waals surface area (Å²) in [6.45, 7) is 11.5. The van der Waals surface area contributed by atoms with Crippen molar-refractivity contribution in [3.63, 3.8) is 0 Å². The first-order chi connectivity index (χ1) is 12.2. The number of fused-ring (bicyclic) bond motifs is 1. The predicted octanol–water partition coefficient (Wildman–Crippen LogP) is 6.51. The number of carbonyl (C=O) groups excluding carboxylic acids is 1. The average Bonchev–Trinajstić information content (AvgIpc) is 2.77. The van der Waals surface area contributed by atoms with Gasteiger partial charge in [0.2, 0.25) is 0 Å². The number of ketones is 1. The van der Waals surface area contributed by atoms with E-state index in [9.17, 15) is 4.79 Å². The Morgan fingerprint density at radius 3 is 2.19 bits per heavy atom. The van der Waals surface area contributed by atoms with Gasteiger partial charge in [-0.25, -0.2) is 0 Å². The van der Waals surface area contributed by atoms with Crippen LogP contribution in [0.25, 0.3) is 6.08 Å². The monoisotopic (exact) mass is 364 g/mol. The molecular weight excluding hydrogens is 336 g/mol. The molecule has 0 spiro atoms. The topological polar surface area (TPSA) is 17.1 Å². The number of hydrogen-bond acceptors (Lipinski definition) is 2. The third-order valence-electron chi connectivity index (χ3n) is 6.40. The van der Waals surface area contributed by atoms with Gasteiger partial charge in [-0.1, -0.05) is 65.0 Å². The van der Waals surface area contributed by atoms with Crippen LogP contribution in [-0.4, -0.2) is 12.0 Å². The summed E-state index contributed by atoms with van der Waals surface area (Å²) in [6.07, 6.45) is 5.65. The fraction of sp³-hybridized carbons (Fsp3) is 0.375. The quantitative estimate of drug-likeness (QED) is 0.349. The molecular formula is C24H28OS. The maximum atomic E-state index is 12.7. The van der Waals surface area contributed by atoms with Crippen LogP contribution in [0.4, 0.5) is 0 Å². The van der Waals surface area contributed by atoms with Crippen molar-refractivity contribution in [3.05, 3.63) is 70.8 Å². The smallest absolute Gasteiger partial charge is 0.185 e. The van der Waals surface area contributed by atoms with Crippen LogP contribution in [0.2, 0.25) is 0 Å². The van der Waals surface area contributed by atoms with E-state index in [0.29, 0.717) is 5.92 Å². The number of hydrogen-bond donors (Lipinski definition) is 0. The average molecular weight is 365 g/mol. The van der Waals surface area contributed by atoms with E-state index in [4.69, 9.17) is 0 Å². The van der Waals surface area contributed by atoms with Gasteiger partial charge in [-0.05, 0) is 64.0 Å². The molecule has 0 amide bonds. The SMILES string of the molecule is CSc1ccc(C=CC(=O)c2ccc3c(c2)C(C)(C)C(C)C3(C)C)cc1. The van der Waals surface area contributed by atoms with Crippen molar-refractivity contribution in [2.45, 2.75) is 50.3 Å². The summed E-state index contributed by atoms with van der Waals surface area (Å²) in [5.41, 5.74) is 4.73. The Labute approximate surface area is 161 Å². The van der Waals surface area contributed by atoms with Gasteiger partial charge in [0, 0.05) is 10.5 Å². The lowest BCUT2D eigenvalue weighted by atomic mass is 9.71. The Bertz CT molecular complexity index is 856. The number of rotatable bonds is 4. The highest BCUT2D eigenvalue weighted by Gasteiger charge is 2.48. The van der Waals surface area contributed by atoms with Crippen molar-refractivity contribution in [1.29, 1.82) is 0 Å². The molecule has 0 saturated carbocycles. The first kappa shape index (κ1) is 19.0. The second kappa shape index (κ2) is 6.74. The molecule has 1 aliphatic rings. The molecule has 136 valence electrons. The minimum absolute atomic E-state index is 0.0647. The molecule has 0 aromatic heterocycles. The maximum Gasteiger partial charge on any atom is 0.185 e. The van der Waals surface area contributed by atoms with Crippen LogP contribution in [-0.2, 0) is 10.8 Å². The lowest BCUT2D eigenvalue weighted by Crippen LogP contribution is -2.30. The normalized spacial score (nSPS) is 20.3. The fourth-order valence-corrected chi connectivity index (χ4v) is 4.55. The van der Waals surface area contributed by atoms with Gasteiger partial charge in [0.1, 0.15) is 0 Å². The lowest BCUT2D eigenvalue weighted by Gasteiger charge is -2.32. The summed E-state index contributed by atoms with van der Waals surface area (Å²) < 4.78 is 0. The van der Waals surface area contributed by atoms with E-state index in [1.807, 2.05) is 24.3 Å². The van der Waals surface area contributed by atoms with E-state index < -0.39 is 0 Å². The molecule has 26 heavy (non-hydrogen) atoms. The van der Waals surface area contributed by atoms with Crippen molar-refractivity contribution in [2.24, 2.45) is 5.92 Å². The van der Waals surface area contributed by atoms with Gasteiger partial charge in [-0.15, -0.1) is 11.8 Å². The molecule has 1 atom stereocenters. The molecule has 2 aromatic carbocycles. The van der Waals surface area contributed by atoms with Gasteiger partial charge < -0.3 is 0 Å². The minimum Gasteiger partial charge on any atom is -0.289 e. The Hall–Kier alpha value is -1.80. The van der Waals surface area contributed by atoms with Gasteiger partial charge in [0.15, 0.2) is 5.78 Å². The first-order valence-electron chi connectivity index (χ1n) is 9.19. The van der Waals surface area contributed by atoms with E-state index >= 15 is 0 Å². The standard InChI is InChI=1S/C24H28OS/c1-16-23(2,3)20-13-10-18(15-21(20)24(16,4)5)22(25)14-9-17-7-11-19(26-6)12-8-17/h7-16H,1-6H3. The molecule has 1 unspecified atom stereocenters. The predicted molar refractivity (Wildman–Crippen MR) is 113 cm³/mol. The molecule has 2 heteroatoms. The Balaban J connectivity index is 1.88. The molecule has 1 nitrogen and oxygen atoms in total. The molecule has 2 aromatic rings. The summed E-state index contributed by atoms with van der Waals surface area (Å²) in [7, 11) is 0. The highest BCUT2D eigenvalue weighted by Crippen LogP contribution is 2.53. The van der Waals surface area contributed by atoms with E-state index in [0.717, 1.165) is 11.1 Å². The zero-order valence-corrected chi connectivity index (χ0v) is 17.4. The molecule has 0 fully saturated rings. The van der Waals surface area contributed by atoms with Crippen LogP contribution < -0.4 is 0 Å². The summed E-state index contributed by atoms with van der Waals surface area (Å²) >= 11 is 1.72. The molecule has 0 saturated heterocycles. The third kappa shape index (κ3) is 3.16. The molecule has 0 heterocycles. The first-order valence-corrected chi connectivity index (χ1v) is 10.4. The van der Waals surface area contributed by atoms with Crippen LogP contribution in [0, 0.1) is 5.92 Å². The zero-order valence-electron chi connectivity index (χ0n) is 16.6. The Kier molecular flexibility index (Phi) is 4.92. The molecule has 0 radical (unpaired) electrons. The van der Waals surface area contributed by atoms with Crippen molar-refractivity contribution < 1.29 is 4.79 Å². The molecule has 1 aliphatic carbocycles. The van der Waals surface area contributed by atoms with Gasteiger partial charge in [0.25, 0.3) is 0 Å². The number of allylic oxidation sites excluding steroid dienone is 1. The molecule has 0 bridgehead atoms. The second-order valence-corrected chi connectivity index (χ2v) is 9.28. The third-order valence-corrected chi connectivity index (χ3v) is 7.14. The molecule has 0 N–H and O–H groups in total. The van der Waals surface area contributed by atoms with Crippen LogP contribution in [0.5, 0.6) is 0 Å². The highest BCUT2D eigenvalue weighted by atomic mass is 32.2. The maximum absolute atomic E-state index is 12.7. The number of benzene rings is 2. The van der Waals surface area contributed by atoms with Gasteiger partial charge in [-0.3, -0.25) is 4.79 Å². The van der Waals surface area contributed by atoms with Crippen molar-refractivity contribution >= 4 is 23.6 Å². The summed E-state index contributed by atoms with van der Waals surface area (Å²) in [5, 5.41) is 0. The van der Waals surface area contributed by atoms with E-state index in [-0.39, 0.29) is 16.6 Å². The van der Waals surface area contributed by atoms with Gasteiger partial charge >= 0.3 is 0 Å². The lowest BCUT2D eigenvalue weighted by molar-refractivity contribution is 0.104. The van der Waals surface area contributed by atoms with Crippen LogP contribution in [0.15, 0.2) is 53.4 Å². The highest BCUT2D eigenvalue weighted by molar-refractivity contribution is 7.98. The van der Waals surface area contributed by atoms with E-state index in [1.54, 1.807) is 17.8 Å². The van der Waals surface area contributed by atoms with Crippen molar-refractivity contribution in [3.8, 4) is 0 Å². The van der Waals surface area contributed by atoms with Crippen molar-refractivity contribution in [2.75, 3.05) is 6.26 Å². The number of carbonyl (C=O) groups is 1. The summed E-state index contributed by atoms with van der Waals surface area (Å²) in [4.78, 5) is 13.9. The minimum atomic E-state index is 0.0647. The largest absolute Gasteiger partial charge is 0.289 e.